The number of carboxylic acid groups (broad SMARTS) is 1. The molecule has 98 valence electrons. The van der Waals surface area contributed by atoms with Gasteiger partial charge in [0.15, 0.2) is 0 Å². The molecule has 1 amide bonds. The number of halogens is 1. The molecule has 0 saturated heterocycles. The van der Waals surface area contributed by atoms with Crippen molar-refractivity contribution in [3.05, 3.63) is 28.5 Å². The van der Waals surface area contributed by atoms with Crippen molar-refractivity contribution < 1.29 is 14.7 Å². The summed E-state index contributed by atoms with van der Waals surface area (Å²) < 4.78 is 0.707. The minimum atomic E-state index is -0.885. The first kappa shape index (κ1) is 14.6. The second-order valence-electron chi connectivity index (χ2n) is 3.93. The number of nitrogens with one attached hydrogen (secondary N) is 1. The maximum absolute atomic E-state index is 11.8. The first-order chi connectivity index (χ1) is 8.54. The van der Waals surface area contributed by atoms with E-state index >= 15 is 0 Å². The van der Waals surface area contributed by atoms with Crippen LogP contribution in [0.15, 0.2) is 22.9 Å². The summed E-state index contributed by atoms with van der Waals surface area (Å²) in [5, 5.41) is 11.6. The Morgan fingerprint density at radius 2 is 2.22 bits per heavy atom. The van der Waals surface area contributed by atoms with Crippen LogP contribution in [0.2, 0.25) is 0 Å². The third-order valence-corrected chi connectivity index (χ3v) is 2.90. The molecule has 0 aliphatic heterocycles. The predicted octanol–water partition coefficient (Wildman–Crippen LogP) is 2.07. The van der Waals surface area contributed by atoms with Crippen molar-refractivity contribution in [2.24, 2.45) is 5.92 Å². The molecule has 1 aromatic rings. The van der Waals surface area contributed by atoms with Gasteiger partial charge < -0.3 is 10.4 Å². The standard InChI is InChI=1S/C12H15BrN2O3/c1-2-3-8(12(17)18)6-15-11(16)9-4-10(13)7-14-5-9/h4-5,7-8H,2-3,6H2,1H3,(H,15,16)(H,17,18). The van der Waals surface area contributed by atoms with Crippen molar-refractivity contribution in [2.75, 3.05) is 6.54 Å². The molecule has 1 aromatic heterocycles. The summed E-state index contributed by atoms with van der Waals surface area (Å²) in [4.78, 5) is 26.6. The fourth-order valence-corrected chi connectivity index (χ4v) is 1.88. The Kier molecular flexibility index (Phi) is 5.77. The quantitative estimate of drug-likeness (QED) is 0.842. The van der Waals surface area contributed by atoms with Crippen LogP contribution in [0.1, 0.15) is 30.1 Å². The van der Waals surface area contributed by atoms with Crippen LogP contribution in [-0.2, 0) is 4.79 Å². The molecule has 0 fully saturated rings. The largest absolute Gasteiger partial charge is 0.481 e. The Labute approximate surface area is 114 Å². The summed E-state index contributed by atoms with van der Waals surface area (Å²) in [7, 11) is 0. The molecule has 0 bridgehead atoms. The number of carboxylic acids is 1. The zero-order chi connectivity index (χ0) is 13.5. The van der Waals surface area contributed by atoms with Gasteiger partial charge in [-0.1, -0.05) is 13.3 Å². The van der Waals surface area contributed by atoms with Gasteiger partial charge in [-0.05, 0) is 28.4 Å². The van der Waals surface area contributed by atoms with Crippen molar-refractivity contribution in [3.63, 3.8) is 0 Å². The highest BCUT2D eigenvalue weighted by Gasteiger charge is 2.17. The molecule has 0 aliphatic carbocycles. The van der Waals surface area contributed by atoms with Gasteiger partial charge in [-0.15, -0.1) is 0 Å². The molecule has 1 unspecified atom stereocenters. The highest BCUT2D eigenvalue weighted by atomic mass is 79.9. The van der Waals surface area contributed by atoms with Gasteiger partial charge in [0.05, 0.1) is 11.5 Å². The number of amides is 1. The van der Waals surface area contributed by atoms with Crippen molar-refractivity contribution in [1.29, 1.82) is 0 Å². The molecule has 0 aliphatic rings. The van der Waals surface area contributed by atoms with Crippen molar-refractivity contribution in [3.8, 4) is 0 Å². The fourth-order valence-electron chi connectivity index (χ4n) is 1.52. The molecule has 6 heteroatoms. The normalized spacial score (nSPS) is 11.9. The second-order valence-corrected chi connectivity index (χ2v) is 4.84. The molecular formula is C12H15BrN2O3. The molecule has 5 nitrogen and oxygen atoms in total. The van der Waals surface area contributed by atoms with Crippen molar-refractivity contribution in [1.82, 2.24) is 10.3 Å². The van der Waals surface area contributed by atoms with E-state index in [1.165, 1.54) is 6.20 Å². The van der Waals surface area contributed by atoms with E-state index in [1.54, 1.807) is 12.3 Å². The Bertz CT molecular complexity index is 437. The summed E-state index contributed by atoms with van der Waals surface area (Å²) in [6.07, 6.45) is 4.33. The number of pyridine rings is 1. The predicted molar refractivity (Wildman–Crippen MR) is 70.3 cm³/mol. The number of hydrogen-bond donors (Lipinski definition) is 2. The first-order valence-corrected chi connectivity index (χ1v) is 6.45. The fraction of sp³-hybridized carbons (Fsp3) is 0.417. The van der Waals surface area contributed by atoms with Crippen LogP contribution >= 0.6 is 15.9 Å². The lowest BCUT2D eigenvalue weighted by atomic mass is 10.0. The number of carbonyl (C=O) groups is 2. The number of nitrogens with zero attached hydrogens (tertiary/aromatic N) is 1. The van der Waals surface area contributed by atoms with Gasteiger partial charge in [0, 0.05) is 23.4 Å². The smallest absolute Gasteiger partial charge is 0.308 e. The molecule has 18 heavy (non-hydrogen) atoms. The molecule has 0 spiro atoms. The average Bonchev–Trinajstić information content (AvgIpc) is 2.33. The molecule has 1 rings (SSSR count). The van der Waals surface area contributed by atoms with E-state index in [1.807, 2.05) is 6.92 Å². The average molecular weight is 315 g/mol. The third-order valence-electron chi connectivity index (χ3n) is 2.46. The van der Waals surface area contributed by atoms with Crippen LogP contribution in [0.5, 0.6) is 0 Å². The third kappa shape index (κ3) is 4.44. The van der Waals surface area contributed by atoms with Crippen molar-refractivity contribution >= 4 is 27.8 Å². The zero-order valence-electron chi connectivity index (χ0n) is 10.0. The molecule has 1 heterocycles. The first-order valence-electron chi connectivity index (χ1n) is 5.66. The van der Waals surface area contributed by atoms with Crippen LogP contribution in [0.3, 0.4) is 0 Å². The molecule has 1 atom stereocenters. The summed E-state index contributed by atoms with van der Waals surface area (Å²) in [6.45, 7) is 2.05. The van der Waals surface area contributed by atoms with E-state index in [9.17, 15) is 9.59 Å². The minimum Gasteiger partial charge on any atom is -0.481 e. The molecular weight excluding hydrogens is 300 g/mol. The molecule has 0 radical (unpaired) electrons. The molecule has 0 aromatic carbocycles. The number of hydrogen-bond acceptors (Lipinski definition) is 3. The highest BCUT2D eigenvalue weighted by molar-refractivity contribution is 9.10. The molecule has 2 N–H and O–H groups in total. The Morgan fingerprint density at radius 1 is 1.50 bits per heavy atom. The van der Waals surface area contributed by atoms with Crippen molar-refractivity contribution in [2.45, 2.75) is 19.8 Å². The van der Waals surface area contributed by atoms with E-state index in [0.717, 1.165) is 6.42 Å². The lowest BCUT2D eigenvalue weighted by Crippen LogP contribution is -2.33. The summed E-state index contributed by atoms with van der Waals surface area (Å²) in [5.74, 6) is -1.74. The number of aromatic nitrogens is 1. The van der Waals surface area contributed by atoms with Gasteiger partial charge in [0.1, 0.15) is 0 Å². The van der Waals surface area contributed by atoms with Crippen LogP contribution in [0, 0.1) is 5.92 Å². The van der Waals surface area contributed by atoms with Crippen LogP contribution in [0.4, 0.5) is 0 Å². The van der Waals surface area contributed by atoms with Crippen LogP contribution < -0.4 is 5.32 Å². The maximum atomic E-state index is 11.8. The SMILES string of the molecule is CCCC(CNC(=O)c1cncc(Br)c1)C(=O)O. The summed E-state index contributed by atoms with van der Waals surface area (Å²) >= 11 is 3.22. The van der Waals surface area contributed by atoms with E-state index < -0.39 is 11.9 Å². The molecule has 0 saturated carbocycles. The Balaban J connectivity index is 2.57. The van der Waals surface area contributed by atoms with Gasteiger partial charge in [-0.2, -0.15) is 0 Å². The topological polar surface area (TPSA) is 79.3 Å². The number of aliphatic carboxylic acids is 1. The van der Waals surface area contributed by atoms with Gasteiger partial charge in [-0.3, -0.25) is 14.6 Å². The van der Waals surface area contributed by atoms with Crippen LogP contribution in [0.25, 0.3) is 0 Å². The van der Waals surface area contributed by atoms with Crippen LogP contribution in [-0.4, -0.2) is 28.5 Å². The number of carbonyl (C=O) groups excluding carboxylic acids is 1. The zero-order valence-corrected chi connectivity index (χ0v) is 11.6. The van der Waals surface area contributed by atoms with Gasteiger partial charge in [0.2, 0.25) is 0 Å². The van der Waals surface area contributed by atoms with E-state index in [2.05, 4.69) is 26.2 Å². The highest BCUT2D eigenvalue weighted by Crippen LogP contribution is 2.10. The lowest BCUT2D eigenvalue weighted by molar-refractivity contribution is -0.141. The monoisotopic (exact) mass is 314 g/mol. The number of rotatable bonds is 6. The van der Waals surface area contributed by atoms with Gasteiger partial charge in [-0.25, -0.2) is 0 Å². The van der Waals surface area contributed by atoms with Gasteiger partial charge >= 0.3 is 5.97 Å². The van der Waals surface area contributed by atoms with E-state index in [0.29, 0.717) is 16.5 Å². The summed E-state index contributed by atoms with van der Waals surface area (Å²) in [6, 6.07) is 1.64. The Hall–Kier alpha value is -1.43. The summed E-state index contributed by atoms with van der Waals surface area (Å²) in [5.41, 5.74) is 0.407. The Morgan fingerprint density at radius 3 is 2.78 bits per heavy atom. The maximum Gasteiger partial charge on any atom is 0.308 e. The van der Waals surface area contributed by atoms with E-state index in [-0.39, 0.29) is 12.5 Å². The minimum absolute atomic E-state index is 0.133. The lowest BCUT2D eigenvalue weighted by Gasteiger charge is -2.12. The van der Waals surface area contributed by atoms with E-state index in [4.69, 9.17) is 5.11 Å². The second kappa shape index (κ2) is 7.10. The van der Waals surface area contributed by atoms with Gasteiger partial charge in [0.25, 0.3) is 5.91 Å².